The molecule has 2 aromatic rings. The van der Waals surface area contributed by atoms with Gasteiger partial charge in [-0.1, -0.05) is 0 Å². The SMILES string of the molecule is CC(=O)NNC1c2cc3nonc3cc2OC(C)(C)C1O. The Labute approximate surface area is 120 Å². The predicted molar refractivity (Wildman–Crippen MR) is 72.2 cm³/mol. The van der Waals surface area contributed by atoms with Crippen molar-refractivity contribution < 1.29 is 19.3 Å². The highest BCUT2D eigenvalue weighted by Crippen LogP contribution is 2.41. The number of nitrogens with one attached hydrogen (secondary N) is 2. The summed E-state index contributed by atoms with van der Waals surface area (Å²) in [7, 11) is 0. The van der Waals surface area contributed by atoms with Gasteiger partial charge in [0.05, 0.1) is 6.04 Å². The molecule has 1 aromatic heterocycles. The zero-order chi connectivity index (χ0) is 15.2. The summed E-state index contributed by atoms with van der Waals surface area (Å²) in [6.45, 7) is 4.93. The topological polar surface area (TPSA) is 110 Å². The van der Waals surface area contributed by atoms with Gasteiger partial charge in [0.15, 0.2) is 0 Å². The fraction of sp³-hybridized carbons (Fsp3) is 0.462. The summed E-state index contributed by atoms with van der Waals surface area (Å²) < 4.78 is 10.5. The summed E-state index contributed by atoms with van der Waals surface area (Å²) in [6.07, 6.45) is -0.867. The lowest BCUT2D eigenvalue weighted by atomic mass is 9.87. The number of ether oxygens (including phenoxy) is 1. The molecule has 21 heavy (non-hydrogen) atoms. The highest BCUT2D eigenvalue weighted by molar-refractivity contribution is 5.77. The van der Waals surface area contributed by atoms with Crippen molar-refractivity contribution in [3.8, 4) is 5.75 Å². The molecular weight excluding hydrogens is 276 g/mol. The van der Waals surface area contributed by atoms with E-state index >= 15 is 0 Å². The van der Waals surface area contributed by atoms with Gasteiger partial charge in [-0.05, 0) is 30.2 Å². The van der Waals surface area contributed by atoms with E-state index in [2.05, 4.69) is 25.8 Å². The molecule has 8 heteroatoms. The number of hydrogen-bond acceptors (Lipinski definition) is 7. The number of carbonyl (C=O) groups is 1. The van der Waals surface area contributed by atoms with E-state index in [1.807, 2.05) is 0 Å². The van der Waals surface area contributed by atoms with E-state index in [4.69, 9.17) is 4.74 Å². The summed E-state index contributed by atoms with van der Waals surface area (Å²) >= 11 is 0. The fourth-order valence-electron chi connectivity index (χ4n) is 2.41. The van der Waals surface area contributed by atoms with Crippen LogP contribution in [0.25, 0.3) is 11.0 Å². The van der Waals surface area contributed by atoms with Crippen LogP contribution in [-0.4, -0.2) is 33.0 Å². The van der Waals surface area contributed by atoms with Crippen LogP contribution in [0.2, 0.25) is 0 Å². The lowest BCUT2D eigenvalue weighted by Crippen LogP contribution is -2.55. The Balaban J connectivity index is 2.07. The number of fused-ring (bicyclic) bond motifs is 2. The molecule has 1 aromatic carbocycles. The van der Waals surface area contributed by atoms with Gasteiger partial charge in [-0.25, -0.2) is 10.1 Å². The Morgan fingerprint density at radius 1 is 1.33 bits per heavy atom. The molecule has 2 heterocycles. The summed E-state index contributed by atoms with van der Waals surface area (Å²) in [5.41, 5.74) is 6.31. The number of aliphatic hydroxyl groups is 1. The van der Waals surface area contributed by atoms with Gasteiger partial charge in [0.25, 0.3) is 0 Å². The molecular formula is C13H16N4O4. The van der Waals surface area contributed by atoms with Crippen LogP contribution in [0.15, 0.2) is 16.8 Å². The number of hydrazine groups is 1. The second-order valence-electron chi connectivity index (χ2n) is 5.60. The maximum atomic E-state index is 11.1. The van der Waals surface area contributed by atoms with Gasteiger partial charge in [0, 0.05) is 18.6 Å². The summed E-state index contributed by atoms with van der Waals surface area (Å²) in [5, 5.41) is 18.0. The molecule has 0 aliphatic carbocycles. The van der Waals surface area contributed by atoms with Crippen molar-refractivity contribution in [2.24, 2.45) is 0 Å². The third-order valence-electron chi connectivity index (χ3n) is 3.53. The van der Waals surface area contributed by atoms with Crippen molar-refractivity contribution in [1.82, 2.24) is 21.2 Å². The van der Waals surface area contributed by atoms with E-state index in [0.29, 0.717) is 22.3 Å². The summed E-state index contributed by atoms with van der Waals surface area (Å²) in [4.78, 5) is 11.1. The van der Waals surface area contributed by atoms with E-state index in [9.17, 15) is 9.90 Å². The first kappa shape index (κ1) is 13.8. The van der Waals surface area contributed by atoms with Crippen molar-refractivity contribution in [3.05, 3.63) is 17.7 Å². The number of carbonyl (C=O) groups excluding carboxylic acids is 1. The minimum absolute atomic E-state index is 0.253. The molecule has 112 valence electrons. The number of nitrogens with zero attached hydrogens (tertiary/aromatic N) is 2. The van der Waals surface area contributed by atoms with Gasteiger partial charge in [-0.3, -0.25) is 10.2 Å². The van der Waals surface area contributed by atoms with E-state index in [1.165, 1.54) is 6.92 Å². The Hall–Kier alpha value is -2.19. The van der Waals surface area contributed by atoms with Gasteiger partial charge in [0.2, 0.25) is 5.91 Å². The normalized spacial score (nSPS) is 23.4. The monoisotopic (exact) mass is 292 g/mol. The number of aliphatic hydroxyl groups excluding tert-OH is 1. The first-order valence-electron chi connectivity index (χ1n) is 6.54. The second-order valence-corrected chi connectivity index (χ2v) is 5.60. The second kappa shape index (κ2) is 4.68. The first-order valence-corrected chi connectivity index (χ1v) is 6.54. The van der Waals surface area contributed by atoms with Crippen molar-refractivity contribution in [2.45, 2.75) is 38.5 Å². The van der Waals surface area contributed by atoms with E-state index in [0.717, 1.165) is 0 Å². The molecule has 0 spiro atoms. The molecule has 1 amide bonds. The molecule has 1 aliphatic heterocycles. The Bertz CT molecular complexity index is 697. The van der Waals surface area contributed by atoms with Gasteiger partial charge in [-0.15, -0.1) is 0 Å². The van der Waals surface area contributed by atoms with Gasteiger partial charge in [0.1, 0.15) is 28.5 Å². The molecule has 0 bridgehead atoms. The minimum Gasteiger partial charge on any atom is -0.485 e. The van der Waals surface area contributed by atoms with Crippen molar-refractivity contribution >= 4 is 16.9 Å². The van der Waals surface area contributed by atoms with Gasteiger partial charge in [-0.2, -0.15) is 0 Å². The number of aromatic nitrogens is 2. The van der Waals surface area contributed by atoms with Crippen molar-refractivity contribution in [1.29, 1.82) is 0 Å². The number of rotatable bonds is 2. The average Bonchev–Trinajstić information content (AvgIpc) is 2.83. The molecule has 2 unspecified atom stereocenters. The molecule has 0 fully saturated rings. The predicted octanol–water partition coefficient (Wildman–Crippen LogP) is 0.436. The molecule has 3 N–H and O–H groups in total. The van der Waals surface area contributed by atoms with E-state index in [-0.39, 0.29) is 5.91 Å². The van der Waals surface area contributed by atoms with Crippen LogP contribution in [0.3, 0.4) is 0 Å². The molecule has 8 nitrogen and oxygen atoms in total. The third kappa shape index (κ3) is 2.32. The number of hydrogen-bond donors (Lipinski definition) is 3. The van der Waals surface area contributed by atoms with Crippen LogP contribution in [0, 0.1) is 0 Å². The lowest BCUT2D eigenvalue weighted by molar-refractivity contribution is -0.121. The maximum Gasteiger partial charge on any atom is 0.230 e. The molecule has 1 aliphatic rings. The maximum absolute atomic E-state index is 11.1. The Morgan fingerprint density at radius 3 is 2.67 bits per heavy atom. The van der Waals surface area contributed by atoms with Crippen LogP contribution in [0.1, 0.15) is 32.4 Å². The van der Waals surface area contributed by atoms with Gasteiger partial charge < -0.3 is 9.84 Å². The molecule has 0 saturated carbocycles. The van der Waals surface area contributed by atoms with Crippen LogP contribution < -0.4 is 15.6 Å². The first-order chi connectivity index (χ1) is 9.88. The number of benzene rings is 1. The largest absolute Gasteiger partial charge is 0.485 e. The molecule has 0 radical (unpaired) electrons. The van der Waals surface area contributed by atoms with Crippen LogP contribution in [-0.2, 0) is 4.79 Å². The highest BCUT2D eigenvalue weighted by atomic mass is 16.6. The standard InChI is InChI=1S/C13H16N4O4/c1-6(18)14-15-11-7-4-8-9(17-21-16-8)5-10(7)20-13(2,3)12(11)19/h4-5,11-12,15,19H,1-3H3,(H,14,18). The Morgan fingerprint density at radius 2 is 2.00 bits per heavy atom. The lowest BCUT2D eigenvalue weighted by Gasteiger charge is -2.42. The minimum atomic E-state index is -0.867. The van der Waals surface area contributed by atoms with E-state index in [1.54, 1.807) is 26.0 Å². The van der Waals surface area contributed by atoms with Gasteiger partial charge >= 0.3 is 0 Å². The Kier molecular flexibility index (Phi) is 3.07. The van der Waals surface area contributed by atoms with E-state index < -0.39 is 17.7 Å². The highest BCUT2D eigenvalue weighted by Gasteiger charge is 2.43. The van der Waals surface area contributed by atoms with Crippen LogP contribution in [0.5, 0.6) is 5.75 Å². The quantitative estimate of drug-likeness (QED) is 0.689. The third-order valence-corrected chi connectivity index (χ3v) is 3.53. The summed E-state index contributed by atoms with van der Waals surface area (Å²) in [6, 6.07) is 2.89. The average molecular weight is 292 g/mol. The summed E-state index contributed by atoms with van der Waals surface area (Å²) in [5.74, 6) is 0.314. The molecule has 0 saturated heterocycles. The smallest absolute Gasteiger partial charge is 0.230 e. The zero-order valence-corrected chi connectivity index (χ0v) is 11.9. The van der Waals surface area contributed by atoms with Crippen molar-refractivity contribution in [3.63, 3.8) is 0 Å². The van der Waals surface area contributed by atoms with Crippen molar-refractivity contribution in [2.75, 3.05) is 0 Å². The zero-order valence-electron chi connectivity index (χ0n) is 11.9. The van der Waals surface area contributed by atoms with Crippen LogP contribution in [0.4, 0.5) is 0 Å². The fourth-order valence-corrected chi connectivity index (χ4v) is 2.41. The van der Waals surface area contributed by atoms with Crippen LogP contribution >= 0.6 is 0 Å². The number of amides is 1. The molecule has 2 atom stereocenters. The molecule has 3 rings (SSSR count).